The Balaban J connectivity index is 2.70. The molecule has 2 aromatic rings. The van der Waals surface area contributed by atoms with Crippen molar-refractivity contribution in [1.82, 2.24) is 10.3 Å². The highest BCUT2D eigenvalue weighted by molar-refractivity contribution is 9.10. The van der Waals surface area contributed by atoms with Crippen molar-refractivity contribution >= 4 is 26.8 Å². The molecule has 0 spiro atoms. The van der Waals surface area contributed by atoms with Gasteiger partial charge >= 0.3 is 0 Å². The Morgan fingerprint density at radius 1 is 1.33 bits per heavy atom. The third kappa shape index (κ3) is 1.70. The molecule has 0 aliphatic heterocycles. The number of aryl methyl sites for hydroxylation is 2. The minimum Gasteiger partial charge on any atom is -0.356 e. The smallest absolute Gasteiger partial charge is 0.0500 e. The van der Waals surface area contributed by atoms with Gasteiger partial charge in [0, 0.05) is 22.1 Å². The molecule has 0 aliphatic carbocycles. The standard InChI is InChI=1S/C12H15BrN2/c1-7-4-5-9-11(13)10(6-14-3)15-12(9)8(7)2/h4-5,14-15H,6H2,1-3H3. The van der Waals surface area contributed by atoms with E-state index in [9.17, 15) is 0 Å². The van der Waals surface area contributed by atoms with Crippen molar-refractivity contribution in [2.45, 2.75) is 20.4 Å². The molecule has 1 heterocycles. The lowest BCUT2D eigenvalue weighted by atomic mass is 10.1. The second kappa shape index (κ2) is 3.99. The summed E-state index contributed by atoms with van der Waals surface area (Å²) in [5.74, 6) is 0. The van der Waals surface area contributed by atoms with E-state index in [4.69, 9.17) is 0 Å². The van der Waals surface area contributed by atoms with Crippen LogP contribution in [0.4, 0.5) is 0 Å². The summed E-state index contributed by atoms with van der Waals surface area (Å²) in [7, 11) is 1.95. The summed E-state index contributed by atoms with van der Waals surface area (Å²) >= 11 is 3.64. The van der Waals surface area contributed by atoms with E-state index >= 15 is 0 Å². The van der Waals surface area contributed by atoms with Gasteiger partial charge in [0.2, 0.25) is 0 Å². The molecule has 2 rings (SSSR count). The number of aromatic nitrogens is 1. The molecule has 1 aromatic heterocycles. The van der Waals surface area contributed by atoms with Gasteiger partial charge in [0.1, 0.15) is 0 Å². The summed E-state index contributed by atoms with van der Waals surface area (Å²) in [5.41, 5.74) is 5.11. The molecule has 0 radical (unpaired) electrons. The summed E-state index contributed by atoms with van der Waals surface area (Å²) < 4.78 is 1.18. The van der Waals surface area contributed by atoms with Gasteiger partial charge in [-0.2, -0.15) is 0 Å². The molecule has 1 aromatic carbocycles. The zero-order chi connectivity index (χ0) is 11.0. The molecule has 0 bridgehead atoms. The van der Waals surface area contributed by atoms with Gasteiger partial charge in [-0.15, -0.1) is 0 Å². The van der Waals surface area contributed by atoms with E-state index in [1.807, 2.05) is 7.05 Å². The molecule has 0 saturated heterocycles. The van der Waals surface area contributed by atoms with Crippen LogP contribution in [0.15, 0.2) is 16.6 Å². The topological polar surface area (TPSA) is 27.8 Å². The highest BCUT2D eigenvalue weighted by atomic mass is 79.9. The van der Waals surface area contributed by atoms with Crippen molar-refractivity contribution in [3.8, 4) is 0 Å². The first-order chi connectivity index (χ1) is 7.15. The van der Waals surface area contributed by atoms with Crippen LogP contribution < -0.4 is 5.32 Å². The normalized spacial score (nSPS) is 11.2. The molecular weight excluding hydrogens is 252 g/mol. The van der Waals surface area contributed by atoms with Crippen LogP contribution in [0.3, 0.4) is 0 Å². The Bertz CT molecular complexity index is 500. The SMILES string of the molecule is CNCc1[nH]c2c(C)c(C)ccc2c1Br. The minimum absolute atomic E-state index is 0.855. The van der Waals surface area contributed by atoms with Crippen molar-refractivity contribution < 1.29 is 0 Å². The van der Waals surface area contributed by atoms with Crippen LogP contribution in [-0.2, 0) is 6.54 Å². The van der Waals surface area contributed by atoms with Crippen molar-refractivity contribution in [2.75, 3.05) is 7.05 Å². The fourth-order valence-corrected chi connectivity index (χ4v) is 2.40. The Morgan fingerprint density at radius 3 is 2.73 bits per heavy atom. The van der Waals surface area contributed by atoms with Crippen LogP contribution in [-0.4, -0.2) is 12.0 Å². The van der Waals surface area contributed by atoms with Gasteiger partial charge in [-0.1, -0.05) is 12.1 Å². The first kappa shape index (κ1) is 10.7. The average molecular weight is 267 g/mol. The zero-order valence-corrected chi connectivity index (χ0v) is 10.8. The van der Waals surface area contributed by atoms with Crippen LogP contribution in [0, 0.1) is 13.8 Å². The minimum atomic E-state index is 0.855. The zero-order valence-electron chi connectivity index (χ0n) is 9.24. The van der Waals surface area contributed by atoms with Gasteiger partial charge in [0.15, 0.2) is 0 Å². The number of aromatic amines is 1. The second-order valence-corrected chi connectivity index (χ2v) is 4.67. The molecule has 80 valence electrons. The van der Waals surface area contributed by atoms with Crippen molar-refractivity contribution in [3.05, 3.63) is 33.4 Å². The first-order valence-corrected chi connectivity index (χ1v) is 5.85. The Labute approximate surface area is 98.2 Å². The van der Waals surface area contributed by atoms with Gasteiger partial charge in [0.05, 0.1) is 5.52 Å². The van der Waals surface area contributed by atoms with E-state index in [-0.39, 0.29) is 0 Å². The lowest BCUT2D eigenvalue weighted by Gasteiger charge is -2.00. The quantitative estimate of drug-likeness (QED) is 0.858. The third-order valence-electron chi connectivity index (χ3n) is 2.87. The molecule has 0 aliphatic rings. The number of halogens is 1. The van der Waals surface area contributed by atoms with Gasteiger partial charge in [-0.05, 0) is 48.0 Å². The van der Waals surface area contributed by atoms with Gasteiger partial charge < -0.3 is 10.3 Å². The second-order valence-electron chi connectivity index (χ2n) is 3.88. The van der Waals surface area contributed by atoms with Gasteiger partial charge in [-0.25, -0.2) is 0 Å². The summed E-state index contributed by atoms with van der Waals surface area (Å²) in [5, 5.41) is 4.43. The van der Waals surface area contributed by atoms with Crippen LogP contribution in [0.25, 0.3) is 10.9 Å². The van der Waals surface area contributed by atoms with E-state index in [1.54, 1.807) is 0 Å². The molecule has 0 unspecified atom stereocenters. The number of rotatable bonds is 2. The fourth-order valence-electron chi connectivity index (χ4n) is 1.83. The monoisotopic (exact) mass is 266 g/mol. The number of H-pyrrole nitrogens is 1. The average Bonchev–Trinajstić information content (AvgIpc) is 2.52. The largest absolute Gasteiger partial charge is 0.356 e. The molecular formula is C12H15BrN2. The lowest BCUT2D eigenvalue weighted by molar-refractivity contribution is 0.796. The maximum Gasteiger partial charge on any atom is 0.0500 e. The molecule has 2 nitrogen and oxygen atoms in total. The highest BCUT2D eigenvalue weighted by Gasteiger charge is 2.10. The predicted octanol–water partition coefficient (Wildman–Crippen LogP) is 3.27. The molecule has 0 fully saturated rings. The van der Waals surface area contributed by atoms with E-state index in [0.717, 1.165) is 6.54 Å². The molecule has 0 saturated carbocycles. The Kier molecular flexibility index (Phi) is 2.85. The molecule has 0 amide bonds. The van der Waals surface area contributed by atoms with Crippen molar-refractivity contribution in [3.63, 3.8) is 0 Å². The van der Waals surface area contributed by atoms with Crippen LogP contribution in [0.1, 0.15) is 16.8 Å². The van der Waals surface area contributed by atoms with Crippen LogP contribution in [0.5, 0.6) is 0 Å². The number of hydrogen-bond donors (Lipinski definition) is 2. The van der Waals surface area contributed by atoms with E-state index in [1.165, 1.54) is 32.2 Å². The number of nitrogens with one attached hydrogen (secondary N) is 2. The lowest BCUT2D eigenvalue weighted by Crippen LogP contribution is -2.05. The summed E-state index contributed by atoms with van der Waals surface area (Å²) in [6.45, 7) is 5.15. The summed E-state index contributed by atoms with van der Waals surface area (Å²) in [6.07, 6.45) is 0. The van der Waals surface area contributed by atoms with E-state index < -0.39 is 0 Å². The van der Waals surface area contributed by atoms with Crippen molar-refractivity contribution in [1.29, 1.82) is 0 Å². The predicted molar refractivity (Wildman–Crippen MR) is 68.2 cm³/mol. The van der Waals surface area contributed by atoms with Crippen LogP contribution in [0.2, 0.25) is 0 Å². The molecule has 0 atom stereocenters. The summed E-state index contributed by atoms with van der Waals surface area (Å²) in [6, 6.07) is 4.33. The molecule has 2 N–H and O–H groups in total. The number of benzene rings is 1. The fraction of sp³-hybridized carbons (Fsp3) is 0.333. The summed E-state index contributed by atoms with van der Waals surface area (Å²) in [4.78, 5) is 3.46. The van der Waals surface area contributed by atoms with Crippen LogP contribution >= 0.6 is 15.9 Å². The van der Waals surface area contributed by atoms with Gasteiger partial charge in [-0.3, -0.25) is 0 Å². The number of hydrogen-bond acceptors (Lipinski definition) is 1. The van der Waals surface area contributed by atoms with Gasteiger partial charge in [0.25, 0.3) is 0 Å². The van der Waals surface area contributed by atoms with Crippen molar-refractivity contribution in [2.24, 2.45) is 0 Å². The van der Waals surface area contributed by atoms with E-state index in [2.05, 4.69) is 52.2 Å². The Morgan fingerprint density at radius 2 is 2.07 bits per heavy atom. The molecule has 15 heavy (non-hydrogen) atoms. The van der Waals surface area contributed by atoms with E-state index in [0.29, 0.717) is 0 Å². The maximum absolute atomic E-state index is 3.64. The molecule has 3 heteroatoms. The number of fused-ring (bicyclic) bond motifs is 1. The maximum atomic E-state index is 3.64. The first-order valence-electron chi connectivity index (χ1n) is 5.06. The third-order valence-corrected chi connectivity index (χ3v) is 3.77. The highest BCUT2D eigenvalue weighted by Crippen LogP contribution is 2.30. The Hall–Kier alpha value is -0.800.